The van der Waals surface area contributed by atoms with Gasteiger partial charge in [-0.05, 0) is 29.8 Å². The van der Waals surface area contributed by atoms with Crippen molar-refractivity contribution in [2.45, 2.75) is 12.7 Å². The molecule has 0 bridgehead atoms. The highest BCUT2D eigenvalue weighted by molar-refractivity contribution is 5.72. The lowest BCUT2D eigenvalue weighted by Gasteiger charge is -2.13. The maximum absolute atomic E-state index is 13.2. The summed E-state index contributed by atoms with van der Waals surface area (Å²) in [5.74, 6) is 0. The van der Waals surface area contributed by atoms with Crippen molar-refractivity contribution in [3.8, 4) is 5.69 Å². The van der Waals surface area contributed by atoms with Crippen LogP contribution >= 0.6 is 0 Å². The predicted molar refractivity (Wildman–Crippen MR) is 101 cm³/mol. The minimum Gasteiger partial charge on any atom is -0.328 e. The van der Waals surface area contributed by atoms with E-state index in [1.807, 2.05) is 0 Å². The summed E-state index contributed by atoms with van der Waals surface area (Å²) in [5, 5.41) is 0. The monoisotopic (exact) mass is 400 g/mol. The Morgan fingerprint density at radius 1 is 1.00 bits per heavy atom. The van der Waals surface area contributed by atoms with E-state index in [-0.39, 0.29) is 23.3 Å². The third kappa shape index (κ3) is 3.24. The zero-order chi connectivity index (χ0) is 20.8. The molecule has 0 saturated carbocycles. The highest BCUT2D eigenvalue weighted by Gasteiger charge is 2.30. The molecule has 0 fully saturated rings. The van der Waals surface area contributed by atoms with Crippen molar-refractivity contribution < 1.29 is 13.2 Å². The molecule has 0 aliphatic carbocycles. The van der Waals surface area contributed by atoms with Crippen LogP contribution in [0.1, 0.15) is 11.1 Å². The van der Waals surface area contributed by atoms with Gasteiger partial charge in [0.05, 0.1) is 24.1 Å². The quantitative estimate of drug-likeness (QED) is 0.531. The summed E-state index contributed by atoms with van der Waals surface area (Å²) < 4.78 is 42.8. The summed E-state index contributed by atoms with van der Waals surface area (Å²) in [5.41, 5.74) is -1.07. The number of hydrogen-bond donors (Lipinski definition) is 0. The van der Waals surface area contributed by atoms with Gasteiger partial charge in [-0.2, -0.15) is 13.2 Å². The van der Waals surface area contributed by atoms with Crippen molar-refractivity contribution in [3.05, 3.63) is 92.9 Å². The van der Waals surface area contributed by atoms with Crippen LogP contribution in [0.15, 0.2) is 70.5 Å². The normalized spacial score (nSPS) is 11.9. The highest BCUT2D eigenvalue weighted by atomic mass is 19.4. The Hall–Kier alpha value is -3.62. The number of nitrogens with zero attached hydrogens (tertiary/aromatic N) is 4. The van der Waals surface area contributed by atoms with E-state index in [1.54, 1.807) is 37.4 Å². The molecule has 0 amide bonds. The number of para-hydroxylation sites is 1. The molecule has 0 aliphatic heterocycles. The van der Waals surface area contributed by atoms with Crippen molar-refractivity contribution in [2.75, 3.05) is 0 Å². The van der Waals surface area contributed by atoms with E-state index in [0.29, 0.717) is 5.69 Å². The first kappa shape index (κ1) is 18.7. The fourth-order valence-electron chi connectivity index (χ4n) is 3.23. The van der Waals surface area contributed by atoms with Gasteiger partial charge in [0.1, 0.15) is 0 Å². The molecule has 6 nitrogen and oxygen atoms in total. The Balaban J connectivity index is 1.96. The smallest absolute Gasteiger partial charge is 0.328 e. The van der Waals surface area contributed by atoms with E-state index in [9.17, 15) is 22.8 Å². The van der Waals surface area contributed by atoms with Crippen LogP contribution in [0.25, 0.3) is 16.9 Å². The van der Waals surface area contributed by atoms with Gasteiger partial charge in [0.15, 0.2) is 11.2 Å². The van der Waals surface area contributed by atoms with Crippen LogP contribution in [0, 0.1) is 0 Å². The lowest BCUT2D eigenvalue weighted by Crippen LogP contribution is -2.40. The van der Waals surface area contributed by atoms with Crippen LogP contribution in [0.5, 0.6) is 0 Å². The van der Waals surface area contributed by atoms with E-state index in [2.05, 4.69) is 4.98 Å². The fourth-order valence-corrected chi connectivity index (χ4v) is 3.23. The molecular weight excluding hydrogens is 385 g/mol. The largest absolute Gasteiger partial charge is 0.416 e. The second kappa shape index (κ2) is 6.77. The molecule has 2 aromatic carbocycles. The second-order valence-corrected chi connectivity index (χ2v) is 6.57. The maximum Gasteiger partial charge on any atom is 0.416 e. The van der Waals surface area contributed by atoms with Gasteiger partial charge in [-0.1, -0.05) is 30.3 Å². The van der Waals surface area contributed by atoms with Crippen molar-refractivity contribution in [2.24, 2.45) is 7.05 Å². The zero-order valence-electron chi connectivity index (χ0n) is 15.2. The molecular formula is C20H15F3N4O2. The average Bonchev–Trinajstić information content (AvgIpc) is 3.07. The van der Waals surface area contributed by atoms with Crippen molar-refractivity contribution >= 4 is 11.2 Å². The first-order chi connectivity index (χ1) is 13.8. The summed E-state index contributed by atoms with van der Waals surface area (Å²) in [6, 6.07) is 13.2. The lowest BCUT2D eigenvalue weighted by atomic mass is 10.1. The molecule has 0 spiro atoms. The molecule has 0 N–H and O–H groups in total. The number of alkyl halides is 3. The Labute approximate surface area is 162 Å². The van der Waals surface area contributed by atoms with Gasteiger partial charge in [-0.25, -0.2) is 14.3 Å². The number of aromatic nitrogens is 4. The van der Waals surface area contributed by atoms with Crippen LogP contribution in [0.2, 0.25) is 0 Å². The van der Waals surface area contributed by atoms with Gasteiger partial charge < -0.3 is 4.57 Å². The van der Waals surface area contributed by atoms with Gasteiger partial charge in [-0.15, -0.1) is 0 Å². The molecule has 0 aliphatic rings. The van der Waals surface area contributed by atoms with Gasteiger partial charge in [0.25, 0.3) is 5.56 Å². The summed E-state index contributed by atoms with van der Waals surface area (Å²) in [4.78, 5) is 30.3. The summed E-state index contributed by atoms with van der Waals surface area (Å²) in [6.45, 7) is -0.296. The molecule has 29 heavy (non-hydrogen) atoms. The van der Waals surface area contributed by atoms with Crippen molar-refractivity contribution in [1.82, 2.24) is 18.7 Å². The third-order valence-electron chi connectivity index (χ3n) is 4.61. The number of benzene rings is 2. The standard InChI is InChI=1S/C20H15F3N4O2/c1-25-12-24-17-16(25)18(28)26(19(29)27(17)15-8-3-2-4-9-15)11-13-6-5-7-14(10-13)20(21,22)23/h2-10,12H,11H2,1H3. The van der Waals surface area contributed by atoms with Crippen LogP contribution < -0.4 is 11.2 Å². The number of halogens is 3. The first-order valence-electron chi connectivity index (χ1n) is 8.66. The average molecular weight is 400 g/mol. The molecule has 0 atom stereocenters. The molecule has 0 radical (unpaired) electrons. The Morgan fingerprint density at radius 2 is 1.72 bits per heavy atom. The van der Waals surface area contributed by atoms with E-state index in [4.69, 9.17) is 0 Å². The van der Waals surface area contributed by atoms with Crippen LogP contribution in [-0.4, -0.2) is 18.7 Å². The van der Waals surface area contributed by atoms with Gasteiger partial charge in [-0.3, -0.25) is 9.36 Å². The Kier molecular flexibility index (Phi) is 4.37. The van der Waals surface area contributed by atoms with E-state index in [1.165, 1.54) is 27.6 Å². The number of hydrogen-bond acceptors (Lipinski definition) is 3. The number of rotatable bonds is 3. The number of aryl methyl sites for hydroxylation is 1. The first-order valence-corrected chi connectivity index (χ1v) is 8.66. The molecule has 0 unspecified atom stereocenters. The highest BCUT2D eigenvalue weighted by Crippen LogP contribution is 2.29. The minimum absolute atomic E-state index is 0.181. The molecule has 0 saturated heterocycles. The van der Waals surface area contributed by atoms with E-state index in [0.717, 1.165) is 16.7 Å². The summed E-state index contributed by atoms with van der Waals surface area (Å²) in [7, 11) is 1.62. The van der Waals surface area contributed by atoms with Crippen LogP contribution in [0.4, 0.5) is 13.2 Å². The SMILES string of the molecule is Cn1cnc2c1c(=O)n(Cc1cccc(C(F)(F)F)c1)c(=O)n2-c1ccccc1. The molecule has 9 heteroatoms. The second-order valence-electron chi connectivity index (χ2n) is 6.57. The van der Waals surface area contributed by atoms with Gasteiger partial charge in [0.2, 0.25) is 0 Å². The molecule has 2 heterocycles. The van der Waals surface area contributed by atoms with Crippen LogP contribution in [0.3, 0.4) is 0 Å². The fraction of sp³-hybridized carbons (Fsp3) is 0.150. The molecule has 4 aromatic rings. The molecule has 2 aromatic heterocycles. The predicted octanol–water partition coefficient (Wildman–Crippen LogP) is 2.95. The Morgan fingerprint density at radius 3 is 2.41 bits per heavy atom. The number of fused-ring (bicyclic) bond motifs is 1. The van der Waals surface area contributed by atoms with E-state index < -0.39 is 23.0 Å². The van der Waals surface area contributed by atoms with Gasteiger partial charge >= 0.3 is 11.9 Å². The minimum atomic E-state index is -4.52. The maximum atomic E-state index is 13.2. The third-order valence-corrected chi connectivity index (χ3v) is 4.61. The summed E-state index contributed by atoms with van der Waals surface area (Å²) >= 11 is 0. The van der Waals surface area contributed by atoms with Gasteiger partial charge in [0, 0.05) is 7.05 Å². The lowest BCUT2D eigenvalue weighted by molar-refractivity contribution is -0.137. The van der Waals surface area contributed by atoms with E-state index >= 15 is 0 Å². The van der Waals surface area contributed by atoms with Crippen molar-refractivity contribution in [1.29, 1.82) is 0 Å². The number of imidazole rings is 1. The molecule has 148 valence electrons. The zero-order valence-corrected chi connectivity index (χ0v) is 15.2. The van der Waals surface area contributed by atoms with Crippen LogP contribution in [-0.2, 0) is 19.8 Å². The molecule has 4 rings (SSSR count). The Bertz CT molecular complexity index is 1320. The topological polar surface area (TPSA) is 61.8 Å². The summed E-state index contributed by atoms with van der Waals surface area (Å²) in [6.07, 6.45) is -3.10. The van der Waals surface area contributed by atoms with Crippen molar-refractivity contribution in [3.63, 3.8) is 0 Å².